The predicted molar refractivity (Wildman–Crippen MR) is 71.6 cm³/mol. The SMILES string of the molecule is COc1ccc([C@H](Br)[C@H](Br)C(=O)O)cc1OC. The molecule has 0 aliphatic heterocycles. The van der Waals surface area contributed by atoms with Gasteiger partial charge in [-0.2, -0.15) is 0 Å². The summed E-state index contributed by atoms with van der Waals surface area (Å²) in [4.78, 5) is 9.80. The number of hydrogen-bond acceptors (Lipinski definition) is 3. The largest absolute Gasteiger partial charge is 0.493 e. The fourth-order valence-corrected chi connectivity index (χ4v) is 2.13. The first kappa shape index (κ1) is 14.3. The maximum atomic E-state index is 10.9. The van der Waals surface area contributed by atoms with Gasteiger partial charge in [0.1, 0.15) is 4.83 Å². The van der Waals surface area contributed by atoms with Crippen LogP contribution in [0.5, 0.6) is 11.5 Å². The number of alkyl halides is 2. The second-order valence-electron chi connectivity index (χ2n) is 3.26. The van der Waals surface area contributed by atoms with Gasteiger partial charge in [0.2, 0.25) is 0 Å². The molecule has 6 heteroatoms. The van der Waals surface area contributed by atoms with E-state index in [2.05, 4.69) is 31.9 Å². The maximum absolute atomic E-state index is 10.9. The van der Waals surface area contributed by atoms with Gasteiger partial charge in [-0.25, -0.2) is 0 Å². The predicted octanol–water partition coefficient (Wildman–Crippen LogP) is 2.99. The Morgan fingerprint density at radius 2 is 1.82 bits per heavy atom. The lowest BCUT2D eigenvalue weighted by molar-refractivity contribution is -0.136. The molecule has 0 aromatic heterocycles. The Morgan fingerprint density at radius 3 is 2.29 bits per heavy atom. The third kappa shape index (κ3) is 3.35. The van der Waals surface area contributed by atoms with Gasteiger partial charge in [0.05, 0.1) is 19.0 Å². The highest BCUT2D eigenvalue weighted by atomic mass is 79.9. The van der Waals surface area contributed by atoms with Crippen LogP contribution in [0.25, 0.3) is 0 Å². The van der Waals surface area contributed by atoms with Gasteiger partial charge < -0.3 is 14.6 Å². The Bertz CT molecular complexity index is 408. The van der Waals surface area contributed by atoms with E-state index in [0.29, 0.717) is 11.5 Å². The molecule has 0 radical (unpaired) electrons. The van der Waals surface area contributed by atoms with E-state index in [0.717, 1.165) is 5.56 Å². The van der Waals surface area contributed by atoms with Crippen molar-refractivity contribution in [1.82, 2.24) is 0 Å². The average Bonchev–Trinajstić information content (AvgIpc) is 2.35. The van der Waals surface area contributed by atoms with Gasteiger partial charge in [0, 0.05) is 0 Å². The van der Waals surface area contributed by atoms with Gasteiger partial charge in [-0.15, -0.1) is 0 Å². The summed E-state index contributed by atoms with van der Waals surface area (Å²) in [6.07, 6.45) is 0. The number of carbonyl (C=O) groups is 1. The van der Waals surface area contributed by atoms with Gasteiger partial charge in [-0.05, 0) is 17.7 Å². The summed E-state index contributed by atoms with van der Waals surface area (Å²) in [6, 6.07) is 5.28. The number of benzene rings is 1. The van der Waals surface area contributed by atoms with Crippen molar-refractivity contribution >= 4 is 37.8 Å². The highest BCUT2D eigenvalue weighted by Crippen LogP contribution is 2.36. The van der Waals surface area contributed by atoms with E-state index in [-0.39, 0.29) is 4.83 Å². The lowest BCUT2D eigenvalue weighted by Crippen LogP contribution is -2.17. The smallest absolute Gasteiger partial charge is 0.318 e. The number of rotatable bonds is 5. The molecule has 0 bridgehead atoms. The second kappa shape index (κ2) is 6.26. The summed E-state index contributed by atoms with van der Waals surface area (Å²) in [6.45, 7) is 0. The van der Waals surface area contributed by atoms with Crippen molar-refractivity contribution in [2.45, 2.75) is 9.65 Å². The zero-order valence-corrected chi connectivity index (χ0v) is 12.5. The fourth-order valence-electron chi connectivity index (χ4n) is 1.32. The Morgan fingerprint density at radius 1 is 1.24 bits per heavy atom. The number of ether oxygens (including phenoxy) is 2. The minimum absolute atomic E-state index is 0.347. The standard InChI is InChI=1S/C11H12Br2O4/c1-16-7-4-3-6(5-8(7)17-2)9(12)10(13)11(14)15/h3-5,9-10H,1-2H3,(H,14,15)/t9-,10-/m0/s1. The molecule has 0 saturated heterocycles. The molecular formula is C11H12Br2O4. The zero-order valence-electron chi connectivity index (χ0n) is 9.31. The van der Waals surface area contributed by atoms with E-state index in [9.17, 15) is 4.79 Å². The van der Waals surface area contributed by atoms with Crippen LogP contribution in [0.3, 0.4) is 0 Å². The molecule has 1 rings (SSSR count). The van der Waals surface area contributed by atoms with Crippen molar-refractivity contribution in [1.29, 1.82) is 0 Å². The Hall–Kier alpha value is -0.750. The summed E-state index contributed by atoms with van der Waals surface area (Å²) < 4.78 is 10.3. The first-order valence-corrected chi connectivity index (χ1v) is 6.57. The van der Waals surface area contributed by atoms with Crippen LogP contribution in [0.4, 0.5) is 0 Å². The molecule has 0 unspecified atom stereocenters. The van der Waals surface area contributed by atoms with Crippen LogP contribution >= 0.6 is 31.9 Å². The number of methoxy groups -OCH3 is 2. The van der Waals surface area contributed by atoms with Crippen LogP contribution in [-0.2, 0) is 4.79 Å². The molecule has 0 amide bonds. The summed E-state index contributed by atoms with van der Waals surface area (Å²) in [5, 5.41) is 8.91. The molecular weight excluding hydrogens is 356 g/mol. The molecule has 94 valence electrons. The number of halogens is 2. The molecule has 1 aromatic carbocycles. The molecule has 4 nitrogen and oxygen atoms in total. The van der Waals surface area contributed by atoms with E-state index in [1.54, 1.807) is 25.3 Å². The minimum atomic E-state index is -0.929. The molecule has 0 spiro atoms. The van der Waals surface area contributed by atoms with Crippen LogP contribution in [0.2, 0.25) is 0 Å². The van der Waals surface area contributed by atoms with Gasteiger partial charge in [-0.3, -0.25) is 4.79 Å². The van der Waals surface area contributed by atoms with E-state index < -0.39 is 10.8 Å². The van der Waals surface area contributed by atoms with Crippen molar-refractivity contribution in [3.8, 4) is 11.5 Å². The van der Waals surface area contributed by atoms with Gasteiger partial charge in [0.25, 0.3) is 0 Å². The molecule has 1 N–H and O–H groups in total. The van der Waals surface area contributed by atoms with Crippen molar-refractivity contribution < 1.29 is 19.4 Å². The number of aliphatic carboxylic acids is 1. The zero-order chi connectivity index (χ0) is 13.0. The van der Waals surface area contributed by atoms with Crippen molar-refractivity contribution in [3.05, 3.63) is 23.8 Å². The van der Waals surface area contributed by atoms with E-state index >= 15 is 0 Å². The van der Waals surface area contributed by atoms with Crippen molar-refractivity contribution in [2.24, 2.45) is 0 Å². The molecule has 0 aliphatic carbocycles. The Labute approximate surface area is 116 Å². The molecule has 1 aromatic rings. The summed E-state index contributed by atoms with van der Waals surface area (Å²) in [7, 11) is 3.08. The lowest BCUT2D eigenvalue weighted by atomic mass is 10.1. The van der Waals surface area contributed by atoms with Crippen LogP contribution in [0, 0.1) is 0 Å². The molecule has 0 aliphatic rings. The molecule has 0 fully saturated rings. The number of carboxylic acids is 1. The summed E-state index contributed by atoms with van der Waals surface area (Å²) in [5.41, 5.74) is 0.798. The Balaban J connectivity index is 3.03. The van der Waals surface area contributed by atoms with Gasteiger partial charge in [-0.1, -0.05) is 37.9 Å². The quantitative estimate of drug-likeness (QED) is 0.813. The van der Waals surface area contributed by atoms with Crippen LogP contribution in [-0.4, -0.2) is 30.1 Å². The van der Waals surface area contributed by atoms with E-state index in [1.165, 1.54) is 7.11 Å². The van der Waals surface area contributed by atoms with Gasteiger partial charge >= 0.3 is 5.97 Å². The maximum Gasteiger partial charge on any atom is 0.318 e. The Kier molecular flexibility index (Phi) is 5.27. The normalized spacial score (nSPS) is 13.9. The van der Waals surface area contributed by atoms with Crippen LogP contribution in [0.1, 0.15) is 10.4 Å². The molecule has 0 saturated carbocycles. The first-order valence-electron chi connectivity index (χ1n) is 4.74. The topological polar surface area (TPSA) is 55.8 Å². The monoisotopic (exact) mass is 366 g/mol. The average molecular weight is 368 g/mol. The van der Waals surface area contributed by atoms with Crippen LogP contribution in [0.15, 0.2) is 18.2 Å². The molecule has 17 heavy (non-hydrogen) atoms. The second-order valence-corrected chi connectivity index (χ2v) is 5.23. The fraction of sp³-hybridized carbons (Fsp3) is 0.364. The van der Waals surface area contributed by atoms with Gasteiger partial charge in [0.15, 0.2) is 11.5 Å². The van der Waals surface area contributed by atoms with Crippen molar-refractivity contribution in [3.63, 3.8) is 0 Å². The minimum Gasteiger partial charge on any atom is -0.493 e. The third-order valence-corrected chi connectivity index (χ3v) is 4.91. The number of hydrogen-bond donors (Lipinski definition) is 1. The van der Waals surface area contributed by atoms with E-state index in [1.807, 2.05) is 0 Å². The third-order valence-electron chi connectivity index (χ3n) is 2.22. The first-order chi connectivity index (χ1) is 8.01. The molecule has 2 atom stereocenters. The van der Waals surface area contributed by atoms with E-state index in [4.69, 9.17) is 14.6 Å². The lowest BCUT2D eigenvalue weighted by Gasteiger charge is -2.15. The highest BCUT2D eigenvalue weighted by Gasteiger charge is 2.25. The number of carboxylic acid groups (broad SMARTS) is 1. The summed E-state index contributed by atoms with van der Waals surface area (Å²) in [5.74, 6) is 0.249. The summed E-state index contributed by atoms with van der Waals surface area (Å²) >= 11 is 6.45. The van der Waals surface area contributed by atoms with Crippen molar-refractivity contribution in [2.75, 3.05) is 14.2 Å². The molecule has 0 heterocycles. The van der Waals surface area contributed by atoms with Crippen LogP contribution < -0.4 is 9.47 Å². The highest BCUT2D eigenvalue weighted by molar-refractivity contribution is 9.12.